The van der Waals surface area contributed by atoms with Gasteiger partial charge in [-0.2, -0.15) is 0 Å². The Morgan fingerprint density at radius 3 is 2.53 bits per heavy atom. The SMILES string of the molecule is OCCNc1ccc(Br)c2ccccc12. The van der Waals surface area contributed by atoms with E-state index in [4.69, 9.17) is 5.11 Å². The average Bonchev–Trinajstić information content (AvgIpc) is 2.29. The molecule has 0 aliphatic carbocycles. The first kappa shape index (κ1) is 10.5. The molecule has 0 unspecified atom stereocenters. The monoisotopic (exact) mass is 265 g/mol. The van der Waals surface area contributed by atoms with Crippen molar-refractivity contribution in [2.75, 3.05) is 18.5 Å². The van der Waals surface area contributed by atoms with Gasteiger partial charge in [0.25, 0.3) is 0 Å². The molecule has 2 rings (SSSR count). The molecule has 78 valence electrons. The topological polar surface area (TPSA) is 32.3 Å². The minimum atomic E-state index is 0.143. The van der Waals surface area contributed by atoms with Gasteiger partial charge in [-0.25, -0.2) is 0 Å². The predicted octanol–water partition coefficient (Wildman–Crippen LogP) is 3.01. The maximum absolute atomic E-state index is 8.78. The summed E-state index contributed by atoms with van der Waals surface area (Å²) in [7, 11) is 0. The third-order valence-electron chi connectivity index (χ3n) is 2.30. The first-order chi connectivity index (χ1) is 7.33. The van der Waals surface area contributed by atoms with Crippen molar-refractivity contribution in [3.8, 4) is 0 Å². The highest BCUT2D eigenvalue weighted by atomic mass is 79.9. The zero-order valence-electron chi connectivity index (χ0n) is 8.20. The Morgan fingerprint density at radius 2 is 1.80 bits per heavy atom. The van der Waals surface area contributed by atoms with Gasteiger partial charge in [-0.3, -0.25) is 0 Å². The van der Waals surface area contributed by atoms with E-state index in [9.17, 15) is 0 Å². The second-order valence-corrected chi connectivity index (χ2v) is 4.15. The zero-order valence-corrected chi connectivity index (χ0v) is 9.79. The van der Waals surface area contributed by atoms with Crippen LogP contribution in [-0.4, -0.2) is 18.3 Å². The third-order valence-corrected chi connectivity index (χ3v) is 2.99. The van der Waals surface area contributed by atoms with Gasteiger partial charge >= 0.3 is 0 Å². The second kappa shape index (κ2) is 4.64. The van der Waals surface area contributed by atoms with Crippen LogP contribution in [0.4, 0.5) is 5.69 Å². The van der Waals surface area contributed by atoms with E-state index in [0.29, 0.717) is 6.54 Å². The minimum absolute atomic E-state index is 0.143. The van der Waals surface area contributed by atoms with Crippen LogP contribution >= 0.6 is 15.9 Å². The molecule has 0 saturated carbocycles. The molecule has 3 heteroatoms. The Kier molecular flexibility index (Phi) is 3.23. The van der Waals surface area contributed by atoms with E-state index < -0.39 is 0 Å². The molecule has 0 amide bonds. The molecule has 2 aromatic rings. The second-order valence-electron chi connectivity index (χ2n) is 3.29. The summed E-state index contributed by atoms with van der Waals surface area (Å²) in [6, 6.07) is 12.2. The van der Waals surface area contributed by atoms with Gasteiger partial charge in [0, 0.05) is 22.1 Å². The summed E-state index contributed by atoms with van der Waals surface area (Å²) >= 11 is 3.52. The molecule has 0 atom stereocenters. The number of nitrogens with one attached hydrogen (secondary N) is 1. The van der Waals surface area contributed by atoms with Gasteiger partial charge in [0.15, 0.2) is 0 Å². The third kappa shape index (κ3) is 2.13. The van der Waals surface area contributed by atoms with Crippen LogP contribution in [0.2, 0.25) is 0 Å². The van der Waals surface area contributed by atoms with Crippen LogP contribution in [0, 0.1) is 0 Å². The molecule has 0 aromatic heterocycles. The van der Waals surface area contributed by atoms with Gasteiger partial charge in [0.2, 0.25) is 0 Å². The summed E-state index contributed by atoms with van der Waals surface area (Å²) in [6.45, 7) is 0.718. The molecule has 0 radical (unpaired) electrons. The minimum Gasteiger partial charge on any atom is -0.395 e. The Hall–Kier alpha value is -1.06. The summed E-state index contributed by atoms with van der Waals surface area (Å²) < 4.78 is 1.09. The van der Waals surface area contributed by atoms with Crippen molar-refractivity contribution in [2.45, 2.75) is 0 Å². The Labute approximate surface area is 97.1 Å². The van der Waals surface area contributed by atoms with Crippen molar-refractivity contribution in [1.29, 1.82) is 0 Å². The average molecular weight is 266 g/mol. The fourth-order valence-electron chi connectivity index (χ4n) is 1.61. The van der Waals surface area contributed by atoms with Crippen molar-refractivity contribution in [2.24, 2.45) is 0 Å². The lowest BCUT2D eigenvalue weighted by Crippen LogP contribution is -2.05. The van der Waals surface area contributed by atoms with Gasteiger partial charge in [-0.15, -0.1) is 0 Å². The zero-order chi connectivity index (χ0) is 10.7. The molecule has 0 heterocycles. The van der Waals surface area contributed by atoms with Crippen molar-refractivity contribution < 1.29 is 5.11 Å². The number of aliphatic hydroxyl groups excluding tert-OH is 1. The van der Waals surface area contributed by atoms with E-state index in [-0.39, 0.29) is 6.61 Å². The quantitative estimate of drug-likeness (QED) is 0.895. The van der Waals surface area contributed by atoms with E-state index in [0.717, 1.165) is 10.2 Å². The fourth-order valence-corrected chi connectivity index (χ4v) is 2.08. The van der Waals surface area contributed by atoms with Crippen LogP contribution in [-0.2, 0) is 0 Å². The van der Waals surface area contributed by atoms with Gasteiger partial charge in [-0.05, 0) is 17.5 Å². The number of hydrogen-bond donors (Lipinski definition) is 2. The summed E-state index contributed by atoms with van der Waals surface area (Å²) in [5.41, 5.74) is 1.06. The molecule has 0 saturated heterocycles. The summed E-state index contributed by atoms with van der Waals surface area (Å²) in [5, 5.41) is 14.3. The molecule has 2 N–H and O–H groups in total. The smallest absolute Gasteiger partial charge is 0.0604 e. The summed E-state index contributed by atoms with van der Waals surface area (Å²) in [6.07, 6.45) is 0. The van der Waals surface area contributed by atoms with Crippen molar-refractivity contribution >= 4 is 32.4 Å². The van der Waals surface area contributed by atoms with Crippen LogP contribution in [0.3, 0.4) is 0 Å². The Bertz CT molecular complexity index is 470. The normalized spacial score (nSPS) is 10.5. The summed E-state index contributed by atoms with van der Waals surface area (Å²) in [4.78, 5) is 0. The van der Waals surface area contributed by atoms with E-state index >= 15 is 0 Å². The number of halogens is 1. The lowest BCUT2D eigenvalue weighted by molar-refractivity contribution is 0.311. The number of hydrogen-bond acceptors (Lipinski definition) is 2. The molecule has 15 heavy (non-hydrogen) atoms. The first-order valence-corrected chi connectivity index (χ1v) is 5.64. The van der Waals surface area contributed by atoms with Crippen LogP contribution < -0.4 is 5.32 Å². The van der Waals surface area contributed by atoms with Crippen LogP contribution in [0.5, 0.6) is 0 Å². The van der Waals surface area contributed by atoms with Gasteiger partial charge in [0.1, 0.15) is 0 Å². The summed E-state index contributed by atoms with van der Waals surface area (Å²) in [5.74, 6) is 0. The molecule has 2 nitrogen and oxygen atoms in total. The fraction of sp³-hybridized carbons (Fsp3) is 0.167. The molecule has 0 spiro atoms. The van der Waals surface area contributed by atoms with Crippen molar-refractivity contribution in [3.05, 3.63) is 40.9 Å². The van der Waals surface area contributed by atoms with Crippen LogP contribution in [0.1, 0.15) is 0 Å². The van der Waals surface area contributed by atoms with Crippen LogP contribution in [0.25, 0.3) is 10.8 Å². The van der Waals surface area contributed by atoms with Crippen LogP contribution in [0.15, 0.2) is 40.9 Å². The molecular formula is C12H12BrNO. The maximum Gasteiger partial charge on any atom is 0.0604 e. The van der Waals surface area contributed by atoms with Gasteiger partial charge in [0.05, 0.1) is 6.61 Å². The number of rotatable bonds is 3. The van der Waals surface area contributed by atoms with Gasteiger partial charge in [-0.1, -0.05) is 40.2 Å². The highest BCUT2D eigenvalue weighted by Crippen LogP contribution is 2.29. The number of benzene rings is 2. The maximum atomic E-state index is 8.78. The largest absolute Gasteiger partial charge is 0.395 e. The lowest BCUT2D eigenvalue weighted by atomic mass is 10.1. The molecule has 2 aromatic carbocycles. The van der Waals surface area contributed by atoms with Gasteiger partial charge < -0.3 is 10.4 Å². The van der Waals surface area contributed by atoms with Crippen molar-refractivity contribution in [1.82, 2.24) is 0 Å². The molecular weight excluding hydrogens is 254 g/mol. The molecule has 0 fully saturated rings. The molecule has 0 bridgehead atoms. The highest BCUT2D eigenvalue weighted by molar-refractivity contribution is 9.10. The standard InChI is InChI=1S/C12H12BrNO/c13-11-5-6-12(14-7-8-15)10-4-2-1-3-9(10)11/h1-6,14-15H,7-8H2. The number of anilines is 1. The Morgan fingerprint density at radius 1 is 1.07 bits per heavy atom. The molecule has 0 aliphatic rings. The van der Waals surface area contributed by atoms with E-state index in [2.05, 4.69) is 33.4 Å². The lowest BCUT2D eigenvalue weighted by Gasteiger charge is -2.09. The molecule has 0 aliphatic heterocycles. The van der Waals surface area contributed by atoms with E-state index in [1.165, 1.54) is 10.8 Å². The van der Waals surface area contributed by atoms with Crippen molar-refractivity contribution in [3.63, 3.8) is 0 Å². The number of aliphatic hydroxyl groups is 1. The van der Waals surface area contributed by atoms with E-state index in [1.54, 1.807) is 0 Å². The first-order valence-electron chi connectivity index (χ1n) is 4.85. The Balaban J connectivity index is 2.51. The number of fused-ring (bicyclic) bond motifs is 1. The predicted molar refractivity (Wildman–Crippen MR) is 67.2 cm³/mol. The highest BCUT2D eigenvalue weighted by Gasteiger charge is 2.02. The van der Waals surface area contributed by atoms with E-state index in [1.807, 2.05) is 24.3 Å².